The number of nitrogens with zero attached hydrogens (tertiary/aromatic N) is 2. The molecule has 57 heavy (non-hydrogen) atoms. The van der Waals surface area contributed by atoms with Gasteiger partial charge in [0.2, 0.25) is 0 Å². The number of fused-ring (bicyclic) bond motifs is 7. The van der Waals surface area contributed by atoms with Crippen LogP contribution in [0.25, 0.3) is 76.5 Å². The van der Waals surface area contributed by atoms with E-state index in [1.54, 1.807) is 0 Å². The molecule has 0 spiro atoms. The number of aromatic nitrogens is 1. The molecule has 0 aliphatic carbocycles. The van der Waals surface area contributed by atoms with Crippen molar-refractivity contribution in [3.8, 4) is 16.8 Å². The van der Waals surface area contributed by atoms with Crippen molar-refractivity contribution in [3.63, 3.8) is 0 Å². The van der Waals surface area contributed by atoms with Gasteiger partial charge in [0, 0.05) is 33.2 Å². The van der Waals surface area contributed by atoms with E-state index in [2.05, 4.69) is 229 Å². The van der Waals surface area contributed by atoms with Gasteiger partial charge in [-0.25, -0.2) is 0 Å². The van der Waals surface area contributed by atoms with Gasteiger partial charge in [0.1, 0.15) is 0 Å². The molecule has 0 aliphatic heterocycles. The lowest BCUT2D eigenvalue weighted by molar-refractivity contribution is 1.18. The Kier molecular flexibility index (Phi) is 8.58. The molecule has 0 amide bonds. The first-order valence-electron chi connectivity index (χ1n) is 19.6. The topological polar surface area (TPSA) is 8.17 Å². The van der Waals surface area contributed by atoms with E-state index >= 15 is 0 Å². The molecule has 0 bridgehead atoms. The van der Waals surface area contributed by atoms with E-state index in [0.717, 1.165) is 33.9 Å². The predicted molar refractivity (Wildman–Crippen MR) is 246 cm³/mol. The first-order valence-corrected chi connectivity index (χ1v) is 19.6. The van der Waals surface area contributed by atoms with Crippen LogP contribution in [0.1, 0.15) is 12.5 Å². The van der Waals surface area contributed by atoms with Crippen LogP contribution in [0.5, 0.6) is 0 Å². The molecular formula is C55H40N2. The van der Waals surface area contributed by atoms with Crippen LogP contribution in [0.3, 0.4) is 0 Å². The maximum atomic E-state index is 4.76. The molecule has 9 aromatic carbocycles. The van der Waals surface area contributed by atoms with Crippen LogP contribution >= 0.6 is 0 Å². The zero-order valence-corrected chi connectivity index (χ0v) is 31.8. The summed E-state index contributed by atoms with van der Waals surface area (Å²) in [6.45, 7) is 6.85. The molecule has 10 rings (SSSR count). The average Bonchev–Trinajstić information content (AvgIpc) is 3.60. The number of para-hydroxylation sites is 1. The number of hydrogen-bond donors (Lipinski definition) is 0. The SMILES string of the molecule is C=C(/C=C\C(=C/C)c1ccccc1)N(c1cccc(-c2cccc3c2c2cc4ccccc4cc2n3-c2ccccc2)c1)c1cc2ccccc2c2ccccc12. The van der Waals surface area contributed by atoms with Crippen molar-refractivity contribution in [1.29, 1.82) is 0 Å². The molecule has 270 valence electrons. The summed E-state index contributed by atoms with van der Waals surface area (Å²) in [6, 6.07) is 70.0. The molecule has 0 N–H and O–H groups in total. The number of anilines is 2. The first-order chi connectivity index (χ1) is 28.2. The molecule has 0 aliphatic rings. The molecule has 10 aromatic rings. The largest absolute Gasteiger partial charge is 0.310 e. The second kappa shape index (κ2) is 14.3. The summed E-state index contributed by atoms with van der Waals surface area (Å²) >= 11 is 0. The van der Waals surface area contributed by atoms with Gasteiger partial charge < -0.3 is 9.47 Å². The molecule has 1 heterocycles. The number of rotatable bonds is 8. The van der Waals surface area contributed by atoms with E-state index in [1.807, 2.05) is 0 Å². The summed E-state index contributed by atoms with van der Waals surface area (Å²) < 4.78 is 2.41. The first kappa shape index (κ1) is 34.1. The second-order valence-corrected chi connectivity index (χ2v) is 14.6. The Labute approximate surface area is 333 Å². The third-order valence-electron chi connectivity index (χ3n) is 11.2. The lowest BCUT2D eigenvalue weighted by atomic mass is 9.96. The summed E-state index contributed by atoms with van der Waals surface area (Å²) in [4.78, 5) is 2.33. The van der Waals surface area contributed by atoms with Gasteiger partial charge in [0.05, 0.1) is 16.7 Å². The number of allylic oxidation sites excluding steroid dienone is 4. The third-order valence-corrected chi connectivity index (χ3v) is 11.2. The minimum atomic E-state index is 0.869. The van der Waals surface area contributed by atoms with E-state index in [4.69, 9.17) is 6.58 Å². The Morgan fingerprint density at radius 1 is 0.509 bits per heavy atom. The quantitative estimate of drug-likeness (QED) is 0.112. The van der Waals surface area contributed by atoms with Gasteiger partial charge in [-0.15, -0.1) is 0 Å². The average molecular weight is 729 g/mol. The molecular weight excluding hydrogens is 689 g/mol. The summed E-state index contributed by atoms with van der Waals surface area (Å²) in [5.74, 6) is 0. The van der Waals surface area contributed by atoms with Crippen molar-refractivity contribution in [2.75, 3.05) is 4.90 Å². The minimum absolute atomic E-state index is 0.869. The van der Waals surface area contributed by atoms with E-state index in [-0.39, 0.29) is 0 Å². The zero-order valence-electron chi connectivity index (χ0n) is 31.8. The lowest BCUT2D eigenvalue weighted by Gasteiger charge is -2.28. The van der Waals surface area contributed by atoms with E-state index < -0.39 is 0 Å². The van der Waals surface area contributed by atoms with E-state index in [0.29, 0.717) is 0 Å². The molecule has 0 atom stereocenters. The van der Waals surface area contributed by atoms with Crippen molar-refractivity contribution < 1.29 is 0 Å². The van der Waals surface area contributed by atoms with Crippen molar-refractivity contribution in [2.45, 2.75) is 6.92 Å². The minimum Gasteiger partial charge on any atom is -0.310 e. The monoisotopic (exact) mass is 728 g/mol. The van der Waals surface area contributed by atoms with Gasteiger partial charge in [-0.2, -0.15) is 0 Å². The Bertz CT molecular complexity index is 3200. The second-order valence-electron chi connectivity index (χ2n) is 14.6. The van der Waals surface area contributed by atoms with Crippen LogP contribution < -0.4 is 4.90 Å². The molecule has 0 radical (unpaired) electrons. The van der Waals surface area contributed by atoms with Crippen molar-refractivity contribution in [1.82, 2.24) is 4.57 Å². The van der Waals surface area contributed by atoms with Crippen LogP contribution in [-0.4, -0.2) is 4.57 Å². The highest BCUT2D eigenvalue weighted by Gasteiger charge is 2.20. The summed E-state index contributed by atoms with van der Waals surface area (Å²) in [6.07, 6.45) is 6.49. The van der Waals surface area contributed by atoms with Gasteiger partial charge in [-0.1, -0.05) is 164 Å². The highest BCUT2D eigenvalue weighted by atomic mass is 15.1. The Hall–Kier alpha value is -7.42. The fourth-order valence-corrected chi connectivity index (χ4v) is 8.59. The van der Waals surface area contributed by atoms with Crippen molar-refractivity contribution in [2.24, 2.45) is 0 Å². The predicted octanol–water partition coefficient (Wildman–Crippen LogP) is 15.2. The molecule has 0 unspecified atom stereocenters. The molecule has 2 heteroatoms. The van der Waals surface area contributed by atoms with Crippen LogP contribution in [0.2, 0.25) is 0 Å². The summed E-state index contributed by atoms with van der Waals surface area (Å²) in [5.41, 5.74) is 11.2. The smallest absolute Gasteiger partial charge is 0.0547 e. The van der Waals surface area contributed by atoms with Gasteiger partial charge >= 0.3 is 0 Å². The Morgan fingerprint density at radius 3 is 1.93 bits per heavy atom. The van der Waals surface area contributed by atoms with Crippen molar-refractivity contribution in [3.05, 3.63) is 230 Å². The summed E-state index contributed by atoms with van der Waals surface area (Å²) in [7, 11) is 0. The Balaban J connectivity index is 1.20. The maximum Gasteiger partial charge on any atom is 0.0547 e. The molecule has 0 fully saturated rings. The van der Waals surface area contributed by atoms with E-state index in [9.17, 15) is 0 Å². The fourth-order valence-electron chi connectivity index (χ4n) is 8.59. The summed E-state index contributed by atoms with van der Waals surface area (Å²) in [5, 5.41) is 9.74. The molecule has 2 nitrogen and oxygen atoms in total. The third kappa shape index (κ3) is 6.00. The lowest BCUT2D eigenvalue weighted by Crippen LogP contribution is -2.15. The standard InChI is InChI=1S/C55H40N2/c1-3-39(40-18-6-4-7-19-40)33-32-38(2)56(53-37-44-22-12-13-27-47(44)49-28-14-15-29-50(49)53)46-26-16-23-43(34-46)48-30-17-31-52-55(48)51-35-41-20-10-11-21-42(41)36-54(51)57(52)45-24-8-5-9-25-45/h3-37H,2H2,1H3/b33-32-,39-3+. The van der Waals surface area contributed by atoms with Crippen LogP contribution in [0, 0.1) is 0 Å². The zero-order chi connectivity index (χ0) is 38.3. The Morgan fingerprint density at radius 2 is 1.16 bits per heavy atom. The highest BCUT2D eigenvalue weighted by molar-refractivity contribution is 6.19. The van der Waals surface area contributed by atoms with Gasteiger partial charge in [-0.05, 0) is 111 Å². The van der Waals surface area contributed by atoms with Gasteiger partial charge in [-0.3, -0.25) is 0 Å². The fraction of sp³-hybridized carbons (Fsp3) is 0.0182. The van der Waals surface area contributed by atoms with E-state index in [1.165, 1.54) is 65.3 Å². The van der Waals surface area contributed by atoms with Crippen LogP contribution in [0.4, 0.5) is 11.4 Å². The number of benzene rings is 9. The van der Waals surface area contributed by atoms with Crippen molar-refractivity contribution >= 4 is 71.1 Å². The van der Waals surface area contributed by atoms with Gasteiger partial charge in [0.15, 0.2) is 0 Å². The normalized spacial score (nSPS) is 12.1. The van der Waals surface area contributed by atoms with Crippen LogP contribution in [-0.2, 0) is 0 Å². The molecule has 0 saturated heterocycles. The van der Waals surface area contributed by atoms with Crippen LogP contribution in [0.15, 0.2) is 225 Å². The molecule has 1 aromatic heterocycles. The maximum absolute atomic E-state index is 4.76. The van der Waals surface area contributed by atoms with Gasteiger partial charge in [0.25, 0.3) is 0 Å². The molecule has 0 saturated carbocycles. The highest BCUT2D eigenvalue weighted by Crippen LogP contribution is 2.44. The number of hydrogen-bond acceptors (Lipinski definition) is 1.